The molecule has 3 aliphatic rings. The van der Waals surface area contributed by atoms with Crippen molar-refractivity contribution in [1.82, 2.24) is 4.90 Å². The number of amides is 2. The Bertz CT molecular complexity index is 1500. The molecule has 3 heterocycles. The molecule has 5 nitrogen and oxygen atoms in total. The Morgan fingerprint density at radius 2 is 1.83 bits per heavy atom. The summed E-state index contributed by atoms with van der Waals surface area (Å²) in [6.45, 7) is 5.30. The number of thiophene rings is 1. The predicted molar refractivity (Wildman–Crippen MR) is 164 cm³/mol. The van der Waals surface area contributed by atoms with Gasteiger partial charge in [0, 0.05) is 16.2 Å². The third-order valence-corrected chi connectivity index (χ3v) is 10.00. The van der Waals surface area contributed by atoms with Crippen molar-refractivity contribution < 1.29 is 19.4 Å². The summed E-state index contributed by atoms with van der Waals surface area (Å²) in [4.78, 5) is 29.7. The van der Waals surface area contributed by atoms with Crippen LogP contribution >= 0.6 is 11.3 Å². The molecule has 1 N–H and O–H groups in total. The van der Waals surface area contributed by atoms with Gasteiger partial charge in [0.15, 0.2) is 0 Å². The van der Waals surface area contributed by atoms with Crippen LogP contribution in [0, 0.1) is 17.8 Å². The van der Waals surface area contributed by atoms with E-state index in [1.54, 1.807) is 17.4 Å². The second-order valence-electron chi connectivity index (χ2n) is 11.7. The zero-order valence-electron chi connectivity index (χ0n) is 24.0. The number of phenols is 1. The summed E-state index contributed by atoms with van der Waals surface area (Å²) in [6.07, 6.45) is 8.79. The number of ether oxygens (including phenoxy) is 1. The van der Waals surface area contributed by atoms with Crippen LogP contribution in [0.4, 0.5) is 0 Å². The van der Waals surface area contributed by atoms with Gasteiger partial charge in [-0.05, 0) is 66.1 Å². The van der Waals surface area contributed by atoms with Gasteiger partial charge in [0.25, 0.3) is 0 Å². The number of likely N-dealkylation sites (tertiary alicyclic amines) is 1. The van der Waals surface area contributed by atoms with Gasteiger partial charge >= 0.3 is 0 Å². The largest absolute Gasteiger partial charge is 0.507 e. The lowest BCUT2D eigenvalue weighted by Gasteiger charge is -2.32. The van der Waals surface area contributed by atoms with Crippen LogP contribution in [-0.4, -0.2) is 34.5 Å². The lowest BCUT2D eigenvalue weighted by molar-refractivity contribution is -0.140. The first kappa shape index (κ1) is 27.9. The summed E-state index contributed by atoms with van der Waals surface area (Å²) in [7, 11) is 0. The summed E-state index contributed by atoms with van der Waals surface area (Å²) < 4.78 is 6.48. The minimum atomic E-state index is -0.294. The Morgan fingerprint density at radius 3 is 2.59 bits per heavy atom. The van der Waals surface area contributed by atoms with Crippen molar-refractivity contribution in [2.45, 2.75) is 71.4 Å². The third-order valence-electron chi connectivity index (χ3n) is 9.14. The average Bonchev–Trinajstić information content (AvgIpc) is 3.70. The summed E-state index contributed by atoms with van der Waals surface area (Å²) in [5.41, 5.74) is 5.17. The molecule has 214 valence electrons. The molecule has 6 rings (SSSR count). The summed E-state index contributed by atoms with van der Waals surface area (Å²) in [6, 6.07) is 15.7. The van der Waals surface area contributed by atoms with Gasteiger partial charge in [-0.2, -0.15) is 0 Å². The molecule has 0 radical (unpaired) electrons. The zero-order chi connectivity index (χ0) is 28.5. The van der Waals surface area contributed by atoms with E-state index in [4.69, 9.17) is 4.74 Å². The molecule has 2 saturated heterocycles. The zero-order valence-corrected chi connectivity index (χ0v) is 24.8. The fraction of sp³-hybridized carbons (Fsp3) is 0.429. The molecule has 1 aliphatic carbocycles. The Balaban J connectivity index is 1.24. The first-order valence-corrected chi connectivity index (χ1v) is 16.0. The van der Waals surface area contributed by atoms with Crippen LogP contribution in [0.15, 0.2) is 70.6 Å². The first-order chi connectivity index (χ1) is 20.0. The second-order valence-corrected chi connectivity index (χ2v) is 12.8. The van der Waals surface area contributed by atoms with Crippen LogP contribution < -0.4 is 0 Å². The number of fused-ring (bicyclic) bond motifs is 4. The highest BCUT2D eigenvalue weighted by Crippen LogP contribution is 2.51. The van der Waals surface area contributed by atoms with Gasteiger partial charge in [0.2, 0.25) is 11.8 Å². The minimum absolute atomic E-state index is 0.00112. The fourth-order valence-electron chi connectivity index (χ4n) is 7.35. The SMILES string of the molecule is CCCC1=C2[C@@H](CC/C(=C/c3ccc(O)c4ccccc34)CCC)OC[C@@H]2[C@@H]2C(=O)N(Cc3cccs3)C(=O)[C@@H]2C1. The molecule has 1 aromatic heterocycles. The molecule has 4 atom stereocenters. The Kier molecular flexibility index (Phi) is 8.14. The number of allylic oxidation sites excluding steroid dienone is 2. The highest BCUT2D eigenvalue weighted by molar-refractivity contribution is 7.09. The van der Waals surface area contributed by atoms with Crippen LogP contribution in [0.5, 0.6) is 5.75 Å². The number of rotatable bonds is 10. The maximum atomic E-state index is 13.7. The number of carbonyl (C=O) groups excluding carboxylic acids is 2. The van der Waals surface area contributed by atoms with Gasteiger partial charge < -0.3 is 9.84 Å². The Labute approximate surface area is 246 Å². The van der Waals surface area contributed by atoms with E-state index < -0.39 is 0 Å². The minimum Gasteiger partial charge on any atom is -0.507 e. The lowest BCUT2D eigenvalue weighted by Crippen LogP contribution is -2.34. The van der Waals surface area contributed by atoms with E-state index in [0.717, 1.165) is 59.7 Å². The van der Waals surface area contributed by atoms with Crippen LogP contribution in [0.2, 0.25) is 0 Å². The molecule has 2 fully saturated rings. The number of benzene rings is 2. The monoisotopic (exact) mass is 569 g/mol. The third kappa shape index (κ3) is 5.28. The number of aromatic hydroxyl groups is 1. The molecule has 3 aromatic rings. The Morgan fingerprint density at radius 1 is 1.00 bits per heavy atom. The number of imide groups is 1. The fourth-order valence-corrected chi connectivity index (χ4v) is 8.04. The lowest BCUT2D eigenvalue weighted by atomic mass is 9.68. The van der Waals surface area contributed by atoms with Crippen molar-refractivity contribution >= 4 is 40.0 Å². The topological polar surface area (TPSA) is 66.8 Å². The van der Waals surface area contributed by atoms with Gasteiger partial charge in [0.1, 0.15) is 5.75 Å². The molecule has 0 unspecified atom stereocenters. The van der Waals surface area contributed by atoms with Crippen LogP contribution in [-0.2, 0) is 20.9 Å². The molecule has 0 saturated carbocycles. The normalized spacial score (nSPS) is 24.4. The highest BCUT2D eigenvalue weighted by Gasteiger charge is 2.56. The van der Waals surface area contributed by atoms with Crippen molar-refractivity contribution in [2.24, 2.45) is 17.8 Å². The van der Waals surface area contributed by atoms with E-state index in [0.29, 0.717) is 25.3 Å². The second kappa shape index (κ2) is 11.9. The van der Waals surface area contributed by atoms with E-state index in [1.807, 2.05) is 41.8 Å². The average molecular weight is 570 g/mol. The van der Waals surface area contributed by atoms with Crippen molar-refractivity contribution in [3.05, 3.63) is 81.1 Å². The number of carbonyl (C=O) groups is 2. The van der Waals surface area contributed by atoms with Gasteiger partial charge in [-0.1, -0.05) is 80.3 Å². The standard InChI is InChI=1S/C35H39NO4S/c1-3-8-22(18-23-14-15-30(37)27-12-6-5-11-26(23)27)13-16-31-32-24(9-4-2)19-28-33(29(32)21-40-31)35(39)36(34(28)38)20-25-10-7-17-41-25/h5-7,10-12,14-15,17-18,28-29,31,33,37H,3-4,8-9,13,16,19-21H2,1-2H3/b22-18+/t28-,29+,31-,33-/m1/s1. The highest BCUT2D eigenvalue weighted by atomic mass is 32.1. The van der Waals surface area contributed by atoms with Gasteiger partial charge in [-0.25, -0.2) is 0 Å². The molecule has 0 bridgehead atoms. The number of hydrogen-bond donors (Lipinski definition) is 1. The van der Waals surface area contributed by atoms with Gasteiger partial charge in [0.05, 0.1) is 31.1 Å². The summed E-state index contributed by atoms with van der Waals surface area (Å²) in [5, 5.41) is 14.3. The summed E-state index contributed by atoms with van der Waals surface area (Å²) >= 11 is 1.59. The van der Waals surface area contributed by atoms with E-state index in [-0.39, 0.29) is 35.7 Å². The molecule has 2 aromatic carbocycles. The number of phenolic OH excluding ortho intramolecular Hbond substituents is 1. The molecule has 41 heavy (non-hydrogen) atoms. The maximum absolute atomic E-state index is 13.7. The predicted octanol–water partition coefficient (Wildman–Crippen LogP) is 7.89. The van der Waals surface area contributed by atoms with E-state index in [9.17, 15) is 14.7 Å². The molecular weight excluding hydrogens is 530 g/mol. The van der Waals surface area contributed by atoms with Crippen LogP contribution in [0.3, 0.4) is 0 Å². The number of nitrogens with zero attached hydrogens (tertiary/aromatic N) is 1. The van der Waals surface area contributed by atoms with E-state index in [2.05, 4.69) is 26.0 Å². The molecule has 2 amide bonds. The molecular formula is C35H39NO4S. The van der Waals surface area contributed by atoms with Crippen LogP contribution in [0.1, 0.15) is 69.2 Å². The van der Waals surface area contributed by atoms with E-state index in [1.165, 1.54) is 21.6 Å². The smallest absolute Gasteiger partial charge is 0.234 e. The van der Waals surface area contributed by atoms with Crippen molar-refractivity contribution in [3.8, 4) is 5.75 Å². The molecule has 6 heteroatoms. The maximum Gasteiger partial charge on any atom is 0.234 e. The van der Waals surface area contributed by atoms with Gasteiger partial charge in [-0.15, -0.1) is 11.3 Å². The van der Waals surface area contributed by atoms with Crippen molar-refractivity contribution in [2.75, 3.05) is 6.61 Å². The van der Waals surface area contributed by atoms with Crippen molar-refractivity contribution in [1.29, 1.82) is 0 Å². The van der Waals surface area contributed by atoms with Gasteiger partial charge in [-0.3, -0.25) is 14.5 Å². The molecule has 2 aliphatic heterocycles. The number of hydrogen-bond acceptors (Lipinski definition) is 5. The molecule has 0 spiro atoms. The quantitative estimate of drug-likeness (QED) is 0.199. The van der Waals surface area contributed by atoms with Crippen LogP contribution in [0.25, 0.3) is 16.8 Å². The first-order valence-electron chi connectivity index (χ1n) is 15.1. The Hall–Kier alpha value is -3.22. The van der Waals surface area contributed by atoms with E-state index >= 15 is 0 Å². The summed E-state index contributed by atoms with van der Waals surface area (Å²) in [5.74, 6) is -0.249. The van der Waals surface area contributed by atoms with Crippen molar-refractivity contribution in [3.63, 3.8) is 0 Å².